The van der Waals surface area contributed by atoms with Crippen LogP contribution in [0.15, 0.2) is 84.9 Å². The molecule has 33 heavy (non-hydrogen) atoms. The van der Waals surface area contributed by atoms with Crippen molar-refractivity contribution in [2.24, 2.45) is 0 Å². The molecule has 5 heteroatoms. The van der Waals surface area contributed by atoms with Crippen molar-refractivity contribution in [3.8, 4) is 5.75 Å². The summed E-state index contributed by atoms with van der Waals surface area (Å²) in [6.45, 7) is 4.93. The van der Waals surface area contributed by atoms with Gasteiger partial charge < -0.3 is 15.0 Å². The third-order valence-electron chi connectivity index (χ3n) is 6.14. The van der Waals surface area contributed by atoms with Gasteiger partial charge in [-0.25, -0.2) is 0 Å². The molecule has 0 aliphatic carbocycles. The molecule has 1 aliphatic rings. The zero-order chi connectivity index (χ0) is 22.9. The summed E-state index contributed by atoms with van der Waals surface area (Å²) in [5, 5.41) is 3.21. The molecule has 0 saturated carbocycles. The van der Waals surface area contributed by atoms with Crippen LogP contribution in [-0.2, 0) is 11.2 Å². The molecule has 1 amide bonds. The lowest BCUT2D eigenvalue weighted by Gasteiger charge is -2.35. The van der Waals surface area contributed by atoms with Crippen LogP contribution in [0.4, 0.5) is 0 Å². The van der Waals surface area contributed by atoms with Crippen molar-refractivity contribution in [1.29, 1.82) is 0 Å². The summed E-state index contributed by atoms with van der Waals surface area (Å²) in [6, 6.07) is 28.4. The van der Waals surface area contributed by atoms with Crippen LogP contribution >= 0.6 is 0 Å². The molecule has 3 aromatic carbocycles. The predicted octanol–water partition coefficient (Wildman–Crippen LogP) is 3.76. The van der Waals surface area contributed by atoms with E-state index in [1.165, 1.54) is 5.56 Å². The minimum atomic E-state index is -0.104. The summed E-state index contributed by atoms with van der Waals surface area (Å²) >= 11 is 0. The van der Waals surface area contributed by atoms with E-state index in [9.17, 15) is 4.79 Å². The highest BCUT2D eigenvalue weighted by Gasteiger charge is 2.21. The number of amides is 1. The Hall–Kier alpha value is -3.15. The van der Waals surface area contributed by atoms with Crippen molar-refractivity contribution in [1.82, 2.24) is 15.1 Å². The van der Waals surface area contributed by atoms with Gasteiger partial charge >= 0.3 is 0 Å². The Morgan fingerprint density at radius 3 is 2.24 bits per heavy atom. The first-order valence-corrected chi connectivity index (χ1v) is 11.7. The van der Waals surface area contributed by atoms with Gasteiger partial charge in [0.1, 0.15) is 5.75 Å². The van der Waals surface area contributed by atoms with E-state index in [2.05, 4.69) is 52.5 Å². The summed E-state index contributed by atoms with van der Waals surface area (Å²) in [6.07, 6.45) is 0.772. The number of benzene rings is 3. The smallest absolute Gasteiger partial charge is 0.258 e. The molecule has 0 bridgehead atoms. The molecular weight excluding hydrogens is 410 g/mol. The highest BCUT2D eigenvalue weighted by Crippen LogP contribution is 2.22. The Labute approximate surface area is 197 Å². The lowest BCUT2D eigenvalue weighted by atomic mass is 10.0. The maximum atomic E-state index is 12.9. The van der Waals surface area contributed by atoms with E-state index in [4.69, 9.17) is 4.74 Å². The second-order valence-electron chi connectivity index (χ2n) is 8.69. The summed E-state index contributed by atoms with van der Waals surface area (Å²) in [7, 11) is 2.15. The molecule has 3 aromatic rings. The average Bonchev–Trinajstić information content (AvgIpc) is 2.85. The highest BCUT2D eigenvalue weighted by atomic mass is 16.5. The molecule has 0 aromatic heterocycles. The molecule has 1 atom stereocenters. The molecule has 1 fully saturated rings. The fraction of sp³-hybridized carbons (Fsp3) is 0.321. The van der Waals surface area contributed by atoms with Crippen molar-refractivity contribution >= 4 is 5.91 Å². The maximum absolute atomic E-state index is 12.9. The van der Waals surface area contributed by atoms with Gasteiger partial charge in [-0.15, -0.1) is 0 Å². The number of para-hydroxylation sites is 1. The molecule has 1 heterocycles. The van der Waals surface area contributed by atoms with Crippen LogP contribution in [0.1, 0.15) is 22.7 Å². The largest absolute Gasteiger partial charge is 0.483 e. The summed E-state index contributed by atoms with van der Waals surface area (Å²) in [5.74, 6) is 0.652. The second kappa shape index (κ2) is 11.6. The fourth-order valence-electron chi connectivity index (χ4n) is 4.19. The Bertz CT molecular complexity index is 1000. The van der Waals surface area contributed by atoms with E-state index in [0.717, 1.165) is 56.0 Å². The third kappa shape index (κ3) is 6.91. The van der Waals surface area contributed by atoms with Crippen LogP contribution in [-0.4, -0.2) is 62.1 Å². The number of rotatable bonds is 9. The van der Waals surface area contributed by atoms with Gasteiger partial charge in [-0.3, -0.25) is 9.69 Å². The first-order chi connectivity index (χ1) is 16.2. The first kappa shape index (κ1) is 23.0. The number of likely N-dealkylation sites (N-methyl/N-ethyl adjacent to an activating group) is 1. The second-order valence-corrected chi connectivity index (χ2v) is 8.69. The van der Waals surface area contributed by atoms with Crippen LogP contribution < -0.4 is 10.1 Å². The number of hydrogen-bond acceptors (Lipinski definition) is 4. The zero-order valence-electron chi connectivity index (χ0n) is 19.3. The van der Waals surface area contributed by atoms with E-state index >= 15 is 0 Å². The zero-order valence-corrected chi connectivity index (χ0v) is 19.3. The van der Waals surface area contributed by atoms with E-state index in [1.54, 1.807) is 0 Å². The first-order valence-electron chi connectivity index (χ1n) is 11.7. The van der Waals surface area contributed by atoms with E-state index in [-0.39, 0.29) is 18.6 Å². The molecular formula is C28H33N3O2. The standard InChI is InChI=1S/C28H33N3O2/c1-30-16-18-31(19-17-30)21-26(24-12-6-3-7-13-24)29-28(32)22-33-27-15-9-8-14-25(27)20-23-10-4-2-5-11-23/h2-15,26H,16-22H2,1H3,(H,29,32). The number of hydrogen-bond donors (Lipinski definition) is 1. The van der Waals surface area contributed by atoms with Gasteiger partial charge in [-0.1, -0.05) is 78.9 Å². The van der Waals surface area contributed by atoms with Crippen molar-refractivity contribution < 1.29 is 9.53 Å². The molecule has 1 saturated heterocycles. The number of ether oxygens (including phenoxy) is 1. The number of carbonyl (C=O) groups excluding carboxylic acids is 1. The predicted molar refractivity (Wildman–Crippen MR) is 132 cm³/mol. The van der Waals surface area contributed by atoms with Crippen molar-refractivity contribution in [3.63, 3.8) is 0 Å². The minimum absolute atomic E-state index is 0.00211. The minimum Gasteiger partial charge on any atom is -0.483 e. The average molecular weight is 444 g/mol. The van der Waals surface area contributed by atoms with Crippen molar-refractivity contribution in [3.05, 3.63) is 102 Å². The molecule has 1 aliphatic heterocycles. The normalized spacial score (nSPS) is 15.7. The summed E-state index contributed by atoms with van der Waals surface area (Å²) in [4.78, 5) is 17.7. The Morgan fingerprint density at radius 1 is 0.879 bits per heavy atom. The maximum Gasteiger partial charge on any atom is 0.258 e. The van der Waals surface area contributed by atoms with Crippen LogP contribution in [0.25, 0.3) is 0 Å². The lowest BCUT2D eigenvalue weighted by Crippen LogP contribution is -2.48. The Balaban J connectivity index is 1.38. The van der Waals surface area contributed by atoms with Gasteiger partial charge in [0.15, 0.2) is 6.61 Å². The van der Waals surface area contributed by atoms with Gasteiger partial charge in [0.05, 0.1) is 6.04 Å². The Kier molecular flexibility index (Phi) is 8.12. The molecule has 1 N–H and O–H groups in total. The van der Waals surface area contributed by atoms with Gasteiger partial charge in [0.25, 0.3) is 5.91 Å². The molecule has 4 rings (SSSR count). The van der Waals surface area contributed by atoms with Gasteiger partial charge in [-0.05, 0) is 29.8 Å². The summed E-state index contributed by atoms with van der Waals surface area (Å²) in [5.41, 5.74) is 3.41. The van der Waals surface area contributed by atoms with Crippen LogP contribution in [0.3, 0.4) is 0 Å². The third-order valence-corrected chi connectivity index (χ3v) is 6.14. The number of nitrogens with one attached hydrogen (secondary N) is 1. The molecule has 172 valence electrons. The SMILES string of the molecule is CN1CCN(CC(NC(=O)COc2ccccc2Cc2ccccc2)c2ccccc2)CC1. The fourth-order valence-corrected chi connectivity index (χ4v) is 4.19. The van der Waals surface area contributed by atoms with E-state index in [0.29, 0.717) is 0 Å². The van der Waals surface area contributed by atoms with Gasteiger partial charge in [-0.2, -0.15) is 0 Å². The lowest BCUT2D eigenvalue weighted by molar-refractivity contribution is -0.124. The van der Waals surface area contributed by atoms with Crippen molar-refractivity contribution in [2.45, 2.75) is 12.5 Å². The quantitative estimate of drug-likeness (QED) is 0.547. The molecule has 1 unspecified atom stereocenters. The van der Waals surface area contributed by atoms with Gasteiger partial charge in [0, 0.05) is 39.1 Å². The monoisotopic (exact) mass is 443 g/mol. The molecule has 5 nitrogen and oxygen atoms in total. The van der Waals surface area contributed by atoms with E-state index in [1.807, 2.05) is 54.6 Å². The van der Waals surface area contributed by atoms with E-state index < -0.39 is 0 Å². The summed E-state index contributed by atoms with van der Waals surface area (Å²) < 4.78 is 5.98. The number of nitrogens with zero attached hydrogens (tertiary/aromatic N) is 2. The topological polar surface area (TPSA) is 44.8 Å². The number of carbonyl (C=O) groups is 1. The highest BCUT2D eigenvalue weighted by molar-refractivity contribution is 5.78. The Morgan fingerprint density at radius 2 is 1.52 bits per heavy atom. The number of piperazine rings is 1. The van der Waals surface area contributed by atoms with Crippen molar-refractivity contribution in [2.75, 3.05) is 46.4 Å². The van der Waals surface area contributed by atoms with Gasteiger partial charge in [0.2, 0.25) is 0 Å². The van der Waals surface area contributed by atoms with Crippen LogP contribution in [0.5, 0.6) is 5.75 Å². The molecule has 0 radical (unpaired) electrons. The van der Waals surface area contributed by atoms with Crippen LogP contribution in [0.2, 0.25) is 0 Å². The molecule has 0 spiro atoms. The van der Waals surface area contributed by atoms with Crippen LogP contribution in [0, 0.1) is 0 Å².